The van der Waals surface area contributed by atoms with Crippen LogP contribution in [0.15, 0.2) is 24.3 Å². The van der Waals surface area contributed by atoms with E-state index in [2.05, 4.69) is 10.6 Å². The van der Waals surface area contributed by atoms with Crippen LogP contribution in [0.3, 0.4) is 0 Å². The molecule has 4 aliphatic carbocycles. The van der Waals surface area contributed by atoms with Crippen LogP contribution in [-0.2, 0) is 14.4 Å². The second kappa shape index (κ2) is 7.71. The van der Waals surface area contributed by atoms with E-state index in [1.807, 2.05) is 12.1 Å². The smallest absolute Gasteiger partial charge is 0.243 e. The van der Waals surface area contributed by atoms with Gasteiger partial charge < -0.3 is 15.5 Å². The van der Waals surface area contributed by atoms with Crippen LogP contribution in [0.2, 0.25) is 0 Å². The fraction of sp³-hybridized carbons (Fsp3) is 0.625. The number of rotatable bonds is 6. The maximum atomic E-state index is 12.6. The SMILES string of the molecule is O=C(CC12CC3CC(CC(C3)C1)C2)NCC(=O)Nc1ccc(N2CCCC2=O)cc1. The van der Waals surface area contributed by atoms with E-state index in [4.69, 9.17) is 0 Å². The number of hydrogen-bond donors (Lipinski definition) is 2. The molecule has 0 aromatic heterocycles. The Bertz CT molecular complexity index is 812. The van der Waals surface area contributed by atoms with E-state index in [1.54, 1.807) is 17.0 Å². The first-order chi connectivity index (χ1) is 14.5. The number of benzene rings is 1. The molecule has 2 N–H and O–H groups in total. The standard InChI is InChI=1S/C24H31N3O3/c28-21(14-24-11-16-8-17(12-24)10-18(9-16)13-24)25-15-22(29)26-19-3-5-20(6-4-19)27-7-1-2-23(27)30/h3-6,16-18H,1-2,7-15H2,(H,25,28)(H,26,29). The van der Waals surface area contributed by atoms with Crippen LogP contribution >= 0.6 is 0 Å². The summed E-state index contributed by atoms with van der Waals surface area (Å²) in [7, 11) is 0. The van der Waals surface area contributed by atoms with Crippen LogP contribution in [0.4, 0.5) is 11.4 Å². The summed E-state index contributed by atoms with van der Waals surface area (Å²) >= 11 is 0. The maximum absolute atomic E-state index is 12.6. The lowest BCUT2D eigenvalue weighted by atomic mass is 9.49. The summed E-state index contributed by atoms with van der Waals surface area (Å²) in [6.07, 6.45) is 9.76. The van der Waals surface area contributed by atoms with Gasteiger partial charge in [0.2, 0.25) is 17.7 Å². The van der Waals surface area contributed by atoms with Crippen molar-refractivity contribution in [3.63, 3.8) is 0 Å². The minimum atomic E-state index is -0.223. The van der Waals surface area contributed by atoms with Gasteiger partial charge in [0, 0.05) is 30.8 Å². The average Bonchev–Trinajstić information content (AvgIpc) is 3.11. The van der Waals surface area contributed by atoms with Gasteiger partial charge in [0.25, 0.3) is 0 Å². The highest BCUT2D eigenvalue weighted by molar-refractivity contribution is 5.97. The molecule has 0 atom stereocenters. The van der Waals surface area contributed by atoms with Crippen LogP contribution in [0, 0.1) is 23.2 Å². The Morgan fingerprint density at radius 3 is 2.17 bits per heavy atom. The predicted molar refractivity (Wildman–Crippen MR) is 115 cm³/mol. The molecule has 4 bridgehead atoms. The van der Waals surface area contributed by atoms with E-state index < -0.39 is 0 Å². The van der Waals surface area contributed by atoms with Gasteiger partial charge in [-0.1, -0.05) is 0 Å². The molecule has 5 fully saturated rings. The molecule has 30 heavy (non-hydrogen) atoms. The number of amides is 3. The second-order valence-corrected chi connectivity index (χ2v) is 10.1. The van der Waals surface area contributed by atoms with Gasteiger partial charge in [-0.05, 0) is 92.4 Å². The number of nitrogens with one attached hydrogen (secondary N) is 2. The molecule has 1 aromatic rings. The molecule has 6 rings (SSSR count). The Labute approximate surface area is 177 Å². The minimum absolute atomic E-state index is 0.00242. The van der Waals surface area contributed by atoms with E-state index in [0.29, 0.717) is 18.5 Å². The van der Waals surface area contributed by atoms with Crippen molar-refractivity contribution in [2.45, 2.75) is 57.8 Å². The second-order valence-electron chi connectivity index (χ2n) is 10.1. The summed E-state index contributed by atoms with van der Waals surface area (Å²) in [5.74, 6) is 2.41. The van der Waals surface area contributed by atoms with Crippen molar-refractivity contribution >= 4 is 29.1 Å². The van der Waals surface area contributed by atoms with Crippen molar-refractivity contribution in [3.05, 3.63) is 24.3 Å². The lowest BCUT2D eigenvalue weighted by molar-refractivity contribution is -0.131. The number of hydrogen-bond acceptors (Lipinski definition) is 3. The zero-order valence-electron chi connectivity index (χ0n) is 17.5. The van der Waals surface area contributed by atoms with Crippen LogP contribution < -0.4 is 15.5 Å². The van der Waals surface area contributed by atoms with Gasteiger partial charge in [0.15, 0.2) is 0 Å². The van der Waals surface area contributed by atoms with Crippen LogP contribution in [0.5, 0.6) is 0 Å². The molecule has 160 valence electrons. The minimum Gasteiger partial charge on any atom is -0.347 e. The third-order valence-corrected chi connectivity index (χ3v) is 7.68. The van der Waals surface area contributed by atoms with Crippen LogP contribution in [0.25, 0.3) is 0 Å². The summed E-state index contributed by atoms with van der Waals surface area (Å²) in [4.78, 5) is 38.5. The Morgan fingerprint density at radius 2 is 1.60 bits per heavy atom. The highest BCUT2D eigenvalue weighted by atomic mass is 16.2. The van der Waals surface area contributed by atoms with Gasteiger partial charge in [-0.2, -0.15) is 0 Å². The van der Waals surface area contributed by atoms with Gasteiger partial charge in [0.05, 0.1) is 6.54 Å². The number of carbonyl (C=O) groups excluding carboxylic acids is 3. The first-order valence-electron chi connectivity index (χ1n) is 11.4. The van der Waals surface area contributed by atoms with E-state index >= 15 is 0 Å². The summed E-state index contributed by atoms with van der Waals surface area (Å²) < 4.78 is 0. The van der Waals surface area contributed by atoms with Gasteiger partial charge in [-0.25, -0.2) is 0 Å². The van der Waals surface area contributed by atoms with Crippen molar-refractivity contribution in [2.75, 3.05) is 23.3 Å². The van der Waals surface area contributed by atoms with Crippen LogP contribution in [0.1, 0.15) is 57.8 Å². The summed E-state index contributed by atoms with van der Waals surface area (Å²) in [5.41, 5.74) is 1.73. The predicted octanol–water partition coefficient (Wildman–Crippen LogP) is 3.47. The number of carbonyl (C=O) groups is 3. The van der Waals surface area contributed by atoms with Crippen molar-refractivity contribution in [1.82, 2.24) is 5.32 Å². The molecule has 4 saturated carbocycles. The average molecular weight is 410 g/mol. The fourth-order valence-electron chi connectivity index (χ4n) is 6.94. The first-order valence-corrected chi connectivity index (χ1v) is 11.4. The normalized spacial score (nSPS) is 31.8. The number of anilines is 2. The van der Waals surface area contributed by atoms with Crippen molar-refractivity contribution in [3.8, 4) is 0 Å². The first kappa shape index (κ1) is 19.6. The molecule has 5 aliphatic rings. The van der Waals surface area contributed by atoms with Gasteiger partial charge in [-0.3, -0.25) is 14.4 Å². The largest absolute Gasteiger partial charge is 0.347 e. The molecule has 0 unspecified atom stereocenters. The number of nitrogens with zero attached hydrogens (tertiary/aromatic N) is 1. The monoisotopic (exact) mass is 409 g/mol. The Kier molecular flexibility index (Phi) is 5.03. The van der Waals surface area contributed by atoms with Crippen molar-refractivity contribution < 1.29 is 14.4 Å². The molecular formula is C24H31N3O3. The van der Waals surface area contributed by atoms with Crippen molar-refractivity contribution in [1.29, 1.82) is 0 Å². The molecule has 0 radical (unpaired) electrons. The molecule has 1 aliphatic heterocycles. The van der Waals surface area contributed by atoms with E-state index in [-0.39, 0.29) is 29.7 Å². The molecule has 6 nitrogen and oxygen atoms in total. The lowest BCUT2D eigenvalue weighted by Gasteiger charge is -2.56. The fourth-order valence-corrected chi connectivity index (χ4v) is 6.94. The molecule has 6 heteroatoms. The quantitative estimate of drug-likeness (QED) is 0.755. The maximum Gasteiger partial charge on any atom is 0.243 e. The third-order valence-electron chi connectivity index (χ3n) is 7.68. The zero-order valence-corrected chi connectivity index (χ0v) is 17.5. The van der Waals surface area contributed by atoms with E-state index in [9.17, 15) is 14.4 Å². The molecule has 3 amide bonds. The highest BCUT2D eigenvalue weighted by Gasteiger charge is 2.51. The topological polar surface area (TPSA) is 78.5 Å². The molecule has 0 spiro atoms. The van der Waals surface area contributed by atoms with E-state index in [1.165, 1.54) is 38.5 Å². The van der Waals surface area contributed by atoms with Gasteiger partial charge >= 0.3 is 0 Å². The molecule has 1 aromatic carbocycles. The molecular weight excluding hydrogens is 378 g/mol. The highest BCUT2D eigenvalue weighted by Crippen LogP contribution is 2.61. The molecule has 1 heterocycles. The zero-order chi connectivity index (χ0) is 20.7. The molecule has 1 saturated heterocycles. The summed E-state index contributed by atoms with van der Waals surface area (Å²) in [6.45, 7) is 0.748. The van der Waals surface area contributed by atoms with Crippen molar-refractivity contribution in [2.24, 2.45) is 23.2 Å². The van der Waals surface area contributed by atoms with E-state index in [0.717, 1.165) is 36.4 Å². The summed E-state index contributed by atoms with van der Waals surface area (Å²) in [6, 6.07) is 7.31. The Morgan fingerprint density at radius 1 is 0.967 bits per heavy atom. The Balaban J connectivity index is 1.10. The van der Waals surface area contributed by atoms with Gasteiger partial charge in [0.1, 0.15) is 0 Å². The van der Waals surface area contributed by atoms with Crippen LogP contribution in [-0.4, -0.2) is 30.8 Å². The summed E-state index contributed by atoms with van der Waals surface area (Å²) in [5, 5.41) is 5.66. The van der Waals surface area contributed by atoms with Gasteiger partial charge in [-0.15, -0.1) is 0 Å². The lowest BCUT2D eigenvalue weighted by Crippen LogP contribution is -2.48. The third kappa shape index (κ3) is 3.96. The Hall–Kier alpha value is -2.37.